The van der Waals surface area contributed by atoms with Crippen LogP contribution in [-0.2, 0) is 11.3 Å². The van der Waals surface area contributed by atoms with Gasteiger partial charge in [0.15, 0.2) is 0 Å². The van der Waals surface area contributed by atoms with Crippen molar-refractivity contribution >= 4 is 17.5 Å². The number of likely N-dealkylation sites (N-methyl/N-ethyl adjacent to an activating group) is 1. The van der Waals surface area contributed by atoms with Crippen LogP contribution in [0.1, 0.15) is 36.2 Å². The first-order valence-corrected chi connectivity index (χ1v) is 10.5. The smallest absolute Gasteiger partial charge is 0.255 e. The second-order valence-corrected chi connectivity index (χ2v) is 8.09. The number of nitrogens with one attached hydrogen (secondary N) is 1. The zero-order chi connectivity index (χ0) is 21.7. The summed E-state index contributed by atoms with van der Waals surface area (Å²) in [4.78, 5) is 29.9. The van der Waals surface area contributed by atoms with Gasteiger partial charge in [0.05, 0.1) is 0 Å². The minimum absolute atomic E-state index is 0.0388. The molecule has 0 aromatic heterocycles. The molecule has 0 aliphatic carbocycles. The van der Waals surface area contributed by atoms with Gasteiger partial charge in [0.2, 0.25) is 5.91 Å². The highest BCUT2D eigenvalue weighted by molar-refractivity contribution is 6.03. The van der Waals surface area contributed by atoms with Gasteiger partial charge in [-0.3, -0.25) is 9.59 Å². The Morgan fingerprint density at radius 3 is 2.50 bits per heavy atom. The van der Waals surface area contributed by atoms with E-state index in [1.165, 1.54) is 0 Å². The van der Waals surface area contributed by atoms with E-state index in [0.717, 1.165) is 24.3 Å². The average molecular weight is 410 g/mol. The number of anilines is 1. The molecule has 0 unspecified atom stereocenters. The van der Waals surface area contributed by atoms with Gasteiger partial charge in [-0.1, -0.05) is 38.5 Å². The fourth-order valence-electron chi connectivity index (χ4n) is 3.63. The fourth-order valence-corrected chi connectivity index (χ4v) is 3.63. The van der Waals surface area contributed by atoms with Gasteiger partial charge in [-0.05, 0) is 55.9 Å². The van der Waals surface area contributed by atoms with Crippen molar-refractivity contribution in [2.24, 2.45) is 5.92 Å². The van der Waals surface area contributed by atoms with Crippen molar-refractivity contribution < 1.29 is 14.3 Å². The third-order valence-electron chi connectivity index (χ3n) is 5.57. The maximum absolute atomic E-state index is 13.2. The van der Waals surface area contributed by atoms with E-state index in [9.17, 15) is 9.59 Å². The van der Waals surface area contributed by atoms with Gasteiger partial charge in [-0.25, -0.2) is 0 Å². The summed E-state index contributed by atoms with van der Waals surface area (Å²) in [6, 6.07) is 14.4. The van der Waals surface area contributed by atoms with E-state index in [-0.39, 0.29) is 17.7 Å². The highest BCUT2D eigenvalue weighted by Crippen LogP contribution is 2.29. The maximum atomic E-state index is 13.2. The van der Waals surface area contributed by atoms with Crippen molar-refractivity contribution in [3.63, 3.8) is 0 Å². The number of fused-ring (bicyclic) bond motifs is 1. The summed E-state index contributed by atoms with van der Waals surface area (Å²) in [6.45, 7) is 5.96. The highest BCUT2D eigenvalue weighted by atomic mass is 16.5. The normalized spacial score (nSPS) is 15.1. The van der Waals surface area contributed by atoms with Crippen LogP contribution in [0.15, 0.2) is 48.5 Å². The van der Waals surface area contributed by atoms with Crippen LogP contribution in [-0.4, -0.2) is 54.9 Å². The quantitative estimate of drug-likeness (QED) is 0.687. The molecule has 0 spiro atoms. The lowest BCUT2D eigenvalue weighted by molar-refractivity contribution is -0.122. The second kappa shape index (κ2) is 9.76. The molecule has 2 amide bonds. The molecule has 0 saturated heterocycles. The molecular formula is C24H31N3O3. The van der Waals surface area contributed by atoms with Crippen molar-refractivity contribution in [3.8, 4) is 5.75 Å². The van der Waals surface area contributed by atoms with Crippen LogP contribution in [0, 0.1) is 5.92 Å². The number of benzene rings is 2. The van der Waals surface area contributed by atoms with E-state index in [1.807, 2.05) is 76.5 Å². The minimum atomic E-state index is -0.522. The van der Waals surface area contributed by atoms with Crippen LogP contribution < -0.4 is 10.1 Å². The Balaban J connectivity index is 1.69. The minimum Gasteiger partial charge on any atom is -0.492 e. The molecule has 160 valence electrons. The summed E-state index contributed by atoms with van der Waals surface area (Å²) in [5.74, 6) is 0.567. The fraction of sp³-hybridized carbons (Fsp3) is 0.417. The first-order valence-electron chi connectivity index (χ1n) is 10.5. The average Bonchev–Trinajstić information content (AvgIpc) is 3.05. The summed E-state index contributed by atoms with van der Waals surface area (Å²) in [7, 11) is 4.00. The number of carbonyl (C=O) groups is 2. The molecule has 2 aromatic rings. The lowest BCUT2D eigenvalue weighted by atomic mass is 9.96. The molecular weight excluding hydrogens is 378 g/mol. The summed E-state index contributed by atoms with van der Waals surface area (Å²) in [5, 5.41) is 2.99. The standard InChI is InChI=1S/C24H31N3O3/c1-5-17(2)22(27-16-18-8-6-7-9-21(18)24(27)29)23(28)25-19-10-12-20(13-11-19)30-15-14-26(3)4/h6-13,17,22H,5,14-16H2,1-4H3,(H,25,28)/t17-,22+/m1/s1. The third-order valence-corrected chi connectivity index (χ3v) is 5.57. The zero-order valence-corrected chi connectivity index (χ0v) is 18.2. The Bertz CT molecular complexity index is 880. The number of nitrogens with zero attached hydrogens (tertiary/aromatic N) is 2. The van der Waals surface area contributed by atoms with Gasteiger partial charge in [0, 0.05) is 24.3 Å². The topological polar surface area (TPSA) is 61.9 Å². The van der Waals surface area contributed by atoms with E-state index in [4.69, 9.17) is 4.74 Å². The number of hydrogen-bond donors (Lipinski definition) is 1. The van der Waals surface area contributed by atoms with Gasteiger partial charge < -0.3 is 19.9 Å². The molecule has 2 aromatic carbocycles. The van der Waals surface area contributed by atoms with E-state index in [1.54, 1.807) is 4.90 Å². The molecule has 0 fully saturated rings. The molecule has 1 aliphatic rings. The second-order valence-electron chi connectivity index (χ2n) is 8.09. The highest BCUT2D eigenvalue weighted by Gasteiger charge is 2.38. The van der Waals surface area contributed by atoms with Crippen LogP contribution in [0.25, 0.3) is 0 Å². The largest absolute Gasteiger partial charge is 0.492 e. The van der Waals surface area contributed by atoms with Gasteiger partial charge in [-0.2, -0.15) is 0 Å². The van der Waals surface area contributed by atoms with Crippen LogP contribution in [0.5, 0.6) is 5.75 Å². The Hall–Kier alpha value is -2.86. The van der Waals surface area contributed by atoms with Crippen LogP contribution in [0.4, 0.5) is 5.69 Å². The van der Waals surface area contributed by atoms with Crippen molar-refractivity contribution in [1.82, 2.24) is 9.80 Å². The Kier molecular flexibility index (Phi) is 7.11. The Labute approximate surface area is 178 Å². The Morgan fingerprint density at radius 2 is 1.87 bits per heavy atom. The molecule has 1 N–H and O–H groups in total. The van der Waals surface area contributed by atoms with E-state index in [2.05, 4.69) is 10.2 Å². The third kappa shape index (κ3) is 5.00. The molecule has 1 heterocycles. The first-order chi connectivity index (χ1) is 14.4. The van der Waals surface area contributed by atoms with Crippen molar-refractivity contribution in [1.29, 1.82) is 0 Å². The maximum Gasteiger partial charge on any atom is 0.255 e. The van der Waals surface area contributed by atoms with Gasteiger partial charge in [0.1, 0.15) is 18.4 Å². The SMILES string of the molecule is CC[C@@H](C)[C@@H](C(=O)Nc1ccc(OCCN(C)C)cc1)N1Cc2ccccc2C1=O. The number of rotatable bonds is 9. The number of amides is 2. The first kappa shape index (κ1) is 21.8. The van der Waals surface area contributed by atoms with Crippen LogP contribution in [0.2, 0.25) is 0 Å². The summed E-state index contributed by atoms with van der Waals surface area (Å²) < 4.78 is 5.70. The van der Waals surface area contributed by atoms with Crippen molar-refractivity contribution in [3.05, 3.63) is 59.7 Å². The molecule has 6 heteroatoms. The summed E-state index contributed by atoms with van der Waals surface area (Å²) >= 11 is 0. The van der Waals surface area contributed by atoms with Gasteiger partial charge in [0.25, 0.3) is 5.91 Å². The summed E-state index contributed by atoms with van der Waals surface area (Å²) in [5.41, 5.74) is 2.36. The predicted molar refractivity (Wildman–Crippen MR) is 119 cm³/mol. The number of hydrogen-bond acceptors (Lipinski definition) is 4. The van der Waals surface area contributed by atoms with Gasteiger partial charge >= 0.3 is 0 Å². The lowest BCUT2D eigenvalue weighted by Crippen LogP contribution is -2.48. The van der Waals surface area contributed by atoms with E-state index < -0.39 is 6.04 Å². The number of carbonyl (C=O) groups excluding carboxylic acids is 2. The monoisotopic (exact) mass is 409 g/mol. The Morgan fingerprint density at radius 1 is 1.17 bits per heavy atom. The van der Waals surface area contributed by atoms with Crippen LogP contribution >= 0.6 is 0 Å². The molecule has 2 atom stereocenters. The molecule has 0 saturated carbocycles. The molecule has 3 rings (SSSR count). The number of ether oxygens (including phenoxy) is 1. The summed E-state index contributed by atoms with van der Waals surface area (Å²) in [6.07, 6.45) is 0.802. The molecule has 6 nitrogen and oxygen atoms in total. The molecule has 1 aliphatic heterocycles. The lowest BCUT2D eigenvalue weighted by Gasteiger charge is -2.31. The zero-order valence-electron chi connectivity index (χ0n) is 18.2. The molecule has 0 bridgehead atoms. The molecule has 30 heavy (non-hydrogen) atoms. The van der Waals surface area contributed by atoms with E-state index >= 15 is 0 Å². The van der Waals surface area contributed by atoms with Crippen molar-refractivity contribution in [2.75, 3.05) is 32.6 Å². The van der Waals surface area contributed by atoms with Crippen LogP contribution in [0.3, 0.4) is 0 Å². The predicted octanol–water partition coefficient (Wildman–Crippen LogP) is 3.64. The van der Waals surface area contributed by atoms with E-state index in [0.29, 0.717) is 24.4 Å². The molecule has 0 radical (unpaired) electrons. The van der Waals surface area contributed by atoms with Crippen molar-refractivity contribution in [2.45, 2.75) is 32.9 Å². The van der Waals surface area contributed by atoms with Gasteiger partial charge in [-0.15, -0.1) is 0 Å².